The molecule has 1 aliphatic heterocycles. The van der Waals surface area contributed by atoms with Crippen molar-refractivity contribution in [1.82, 2.24) is 5.32 Å². The van der Waals surface area contributed by atoms with Crippen molar-refractivity contribution >= 4 is 5.97 Å². The summed E-state index contributed by atoms with van der Waals surface area (Å²) in [4.78, 5) is 11.7. The van der Waals surface area contributed by atoms with Crippen LogP contribution in [0, 0.1) is 5.92 Å². The van der Waals surface area contributed by atoms with Gasteiger partial charge in [0.1, 0.15) is 6.10 Å². The average molecular weight is 197 g/mol. The summed E-state index contributed by atoms with van der Waals surface area (Å²) in [6.45, 7) is 3.01. The summed E-state index contributed by atoms with van der Waals surface area (Å²) in [7, 11) is 0. The molecule has 2 fully saturated rings. The molecule has 14 heavy (non-hydrogen) atoms. The Morgan fingerprint density at radius 1 is 1.29 bits per heavy atom. The Balaban J connectivity index is 1.82. The van der Waals surface area contributed by atoms with Crippen LogP contribution in [-0.4, -0.2) is 24.7 Å². The van der Waals surface area contributed by atoms with Crippen LogP contribution in [0.3, 0.4) is 0 Å². The van der Waals surface area contributed by atoms with Gasteiger partial charge in [0.05, 0.1) is 5.92 Å². The molecule has 80 valence electrons. The summed E-state index contributed by atoms with van der Waals surface area (Å²) in [5.74, 6) is 0.116. The summed E-state index contributed by atoms with van der Waals surface area (Å²) >= 11 is 0. The lowest BCUT2D eigenvalue weighted by Gasteiger charge is -2.17. The van der Waals surface area contributed by atoms with Gasteiger partial charge in [-0.05, 0) is 45.6 Å². The number of esters is 1. The van der Waals surface area contributed by atoms with Gasteiger partial charge in [0.15, 0.2) is 0 Å². The summed E-state index contributed by atoms with van der Waals surface area (Å²) in [5, 5.41) is 3.27. The Morgan fingerprint density at radius 2 is 2.00 bits per heavy atom. The standard InChI is InChI=1S/C11H19NO2/c1-8-10(6-7-12-8)11(13)14-9-4-2-3-5-9/h8-10,12H,2-7H2,1H3. The van der Waals surface area contributed by atoms with Gasteiger partial charge in [0, 0.05) is 6.04 Å². The minimum Gasteiger partial charge on any atom is -0.462 e. The molecule has 1 saturated heterocycles. The molecule has 0 spiro atoms. The first kappa shape index (κ1) is 9.97. The van der Waals surface area contributed by atoms with Crippen LogP contribution in [0.5, 0.6) is 0 Å². The monoisotopic (exact) mass is 197 g/mol. The van der Waals surface area contributed by atoms with Crippen molar-refractivity contribution in [2.45, 2.75) is 51.2 Å². The highest BCUT2D eigenvalue weighted by atomic mass is 16.5. The van der Waals surface area contributed by atoms with E-state index in [1.807, 2.05) is 0 Å². The molecule has 3 nitrogen and oxygen atoms in total. The Bertz CT molecular complexity index is 211. The van der Waals surface area contributed by atoms with Crippen LogP contribution in [0.2, 0.25) is 0 Å². The Labute approximate surface area is 85.2 Å². The lowest BCUT2D eigenvalue weighted by molar-refractivity contribution is -0.153. The van der Waals surface area contributed by atoms with Crippen LogP contribution in [0.1, 0.15) is 39.0 Å². The van der Waals surface area contributed by atoms with E-state index in [0.29, 0.717) is 6.04 Å². The number of carbonyl (C=O) groups excluding carboxylic acids is 1. The highest BCUT2D eigenvalue weighted by Gasteiger charge is 2.32. The quantitative estimate of drug-likeness (QED) is 0.681. The fourth-order valence-corrected chi connectivity index (χ4v) is 2.44. The number of rotatable bonds is 2. The molecule has 0 bridgehead atoms. The van der Waals surface area contributed by atoms with E-state index in [-0.39, 0.29) is 18.0 Å². The molecule has 1 heterocycles. The Morgan fingerprint density at radius 3 is 2.57 bits per heavy atom. The lowest BCUT2D eigenvalue weighted by Crippen LogP contribution is -2.31. The number of nitrogens with one attached hydrogen (secondary N) is 1. The highest BCUT2D eigenvalue weighted by molar-refractivity contribution is 5.73. The van der Waals surface area contributed by atoms with Crippen molar-refractivity contribution in [3.8, 4) is 0 Å². The van der Waals surface area contributed by atoms with Crippen molar-refractivity contribution in [2.75, 3.05) is 6.54 Å². The second kappa shape index (κ2) is 4.30. The van der Waals surface area contributed by atoms with E-state index in [4.69, 9.17) is 4.74 Å². The molecule has 1 saturated carbocycles. The molecule has 2 atom stereocenters. The molecule has 0 radical (unpaired) electrons. The predicted octanol–water partition coefficient (Wildman–Crippen LogP) is 1.47. The maximum atomic E-state index is 11.7. The molecule has 1 N–H and O–H groups in total. The second-order valence-electron chi connectivity index (χ2n) is 4.48. The first-order valence-corrected chi connectivity index (χ1v) is 5.71. The normalized spacial score (nSPS) is 33.5. The predicted molar refractivity (Wildman–Crippen MR) is 53.9 cm³/mol. The SMILES string of the molecule is CC1NCCC1C(=O)OC1CCCC1. The zero-order valence-corrected chi connectivity index (χ0v) is 8.79. The van der Waals surface area contributed by atoms with Crippen LogP contribution < -0.4 is 5.32 Å². The van der Waals surface area contributed by atoms with Crippen LogP contribution in [0.4, 0.5) is 0 Å². The van der Waals surface area contributed by atoms with E-state index in [2.05, 4.69) is 12.2 Å². The number of carbonyl (C=O) groups is 1. The van der Waals surface area contributed by atoms with Crippen LogP contribution >= 0.6 is 0 Å². The van der Waals surface area contributed by atoms with Gasteiger partial charge in [-0.25, -0.2) is 0 Å². The van der Waals surface area contributed by atoms with Gasteiger partial charge in [0.25, 0.3) is 0 Å². The summed E-state index contributed by atoms with van der Waals surface area (Å²) in [6.07, 6.45) is 5.73. The molecule has 0 aromatic heterocycles. The molecular weight excluding hydrogens is 178 g/mol. The van der Waals surface area contributed by atoms with Crippen molar-refractivity contribution < 1.29 is 9.53 Å². The lowest BCUT2D eigenvalue weighted by atomic mass is 10.0. The van der Waals surface area contributed by atoms with Crippen molar-refractivity contribution in [1.29, 1.82) is 0 Å². The largest absolute Gasteiger partial charge is 0.462 e. The third-order valence-electron chi connectivity index (χ3n) is 3.41. The van der Waals surface area contributed by atoms with E-state index in [9.17, 15) is 4.79 Å². The zero-order valence-electron chi connectivity index (χ0n) is 8.79. The van der Waals surface area contributed by atoms with Crippen LogP contribution in [-0.2, 0) is 9.53 Å². The van der Waals surface area contributed by atoms with Gasteiger partial charge in [-0.1, -0.05) is 0 Å². The second-order valence-corrected chi connectivity index (χ2v) is 4.48. The third kappa shape index (κ3) is 2.08. The maximum absolute atomic E-state index is 11.7. The number of ether oxygens (including phenoxy) is 1. The minimum absolute atomic E-state index is 0.0226. The average Bonchev–Trinajstić information content (AvgIpc) is 2.75. The van der Waals surface area contributed by atoms with E-state index in [0.717, 1.165) is 25.8 Å². The number of hydrogen-bond acceptors (Lipinski definition) is 3. The first-order chi connectivity index (χ1) is 6.77. The highest BCUT2D eigenvalue weighted by Crippen LogP contribution is 2.24. The van der Waals surface area contributed by atoms with Gasteiger partial charge in [-0.15, -0.1) is 0 Å². The van der Waals surface area contributed by atoms with Crippen LogP contribution in [0.25, 0.3) is 0 Å². The summed E-state index contributed by atoms with van der Waals surface area (Å²) < 4.78 is 5.49. The van der Waals surface area contributed by atoms with Gasteiger partial charge in [-0.3, -0.25) is 4.79 Å². The van der Waals surface area contributed by atoms with Crippen molar-refractivity contribution in [2.24, 2.45) is 5.92 Å². The van der Waals surface area contributed by atoms with Crippen LogP contribution in [0.15, 0.2) is 0 Å². The maximum Gasteiger partial charge on any atom is 0.310 e. The van der Waals surface area contributed by atoms with E-state index in [1.54, 1.807) is 0 Å². The van der Waals surface area contributed by atoms with Gasteiger partial charge < -0.3 is 10.1 Å². The smallest absolute Gasteiger partial charge is 0.310 e. The summed E-state index contributed by atoms with van der Waals surface area (Å²) in [6, 6.07) is 0.295. The van der Waals surface area contributed by atoms with Gasteiger partial charge in [-0.2, -0.15) is 0 Å². The Kier molecular flexibility index (Phi) is 3.06. The number of hydrogen-bond donors (Lipinski definition) is 1. The van der Waals surface area contributed by atoms with Gasteiger partial charge in [0.2, 0.25) is 0 Å². The molecule has 3 heteroatoms. The van der Waals surface area contributed by atoms with Crippen molar-refractivity contribution in [3.63, 3.8) is 0 Å². The molecule has 0 aromatic carbocycles. The topological polar surface area (TPSA) is 38.3 Å². The van der Waals surface area contributed by atoms with E-state index < -0.39 is 0 Å². The Hall–Kier alpha value is -0.570. The van der Waals surface area contributed by atoms with Gasteiger partial charge >= 0.3 is 5.97 Å². The zero-order chi connectivity index (χ0) is 9.97. The minimum atomic E-state index is 0.0226. The fraction of sp³-hybridized carbons (Fsp3) is 0.909. The molecule has 2 unspecified atom stereocenters. The summed E-state index contributed by atoms with van der Waals surface area (Å²) in [5.41, 5.74) is 0. The molecular formula is C11H19NO2. The van der Waals surface area contributed by atoms with E-state index in [1.165, 1.54) is 12.8 Å². The fourth-order valence-electron chi connectivity index (χ4n) is 2.44. The molecule has 0 aromatic rings. The van der Waals surface area contributed by atoms with Crippen molar-refractivity contribution in [3.05, 3.63) is 0 Å². The van der Waals surface area contributed by atoms with E-state index >= 15 is 0 Å². The molecule has 1 aliphatic carbocycles. The molecule has 2 aliphatic rings. The first-order valence-electron chi connectivity index (χ1n) is 5.71. The third-order valence-corrected chi connectivity index (χ3v) is 3.41. The molecule has 2 rings (SSSR count). The molecule has 0 amide bonds.